The summed E-state index contributed by atoms with van der Waals surface area (Å²) >= 11 is 0. The number of rotatable bonds is 1. The molecule has 3 rings (SSSR count). The van der Waals surface area contributed by atoms with Crippen molar-refractivity contribution in [2.75, 3.05) is 6.54 Å². The summed E-state index contributed by atoms with van der Waals surface area (Å²) in [6.07, 6.45) is 4.34. The van der Waals surface area contributed by atoms with Gasteiger partial charge in [0.1, 0.15) is 5.78 Å². The molecule has 1 saturated carbocycles. The number of ketones is 1. The molecular weight excluding hydrogens is 202 g/mol. The molecule has 0 radical (unpaired) electrons. The van der Waals surface area contributed by atoms with Crippen molar-refractivity contribution in [3.8, 4) is 0 Å². The highest BCUT2D eigenvalue weighted by molar-refractivity contribution is 5.85. The van der Waals surface area contributed by atoms with Crippen LogP contribution in [0.5, 0.6) is 0 Å². The lowest BCUT2D eigenvalue weighted by Gasteiger charge is -2.45. The van der Waals surface area contributed by atoms with Crippen LogP contribution in [0, 0.1) is 17.8 Å². The lowest BCUT2D eigenvalue weighted by molar-refractivity contribution is -0.145. The van der Waals surface area contributed by atoms with Gasteiger partial charge in [0, 0.05) is 31.3 Å². The second kappa shape index (κ2) is 3.57. The smallest absolute Gasteiger partial charge is 0.222 e. The average molecular weight is 221 g/mol. The number of Topliss-reactive ketones (excluding diaryl/α,β-unsaturated/α-hetero) is 1. The van der Waals surface area contributed by atoms with Crippen LogP contribution in [0.25, 0.3) is 0 Å². The molecule has 0 aromatic carbocycles. The number of piperidine rings is 1. The SMILES string of the molecule is CCC1C(=O)CC2CCN3C(=O)CCC1C23. The van der Waals surface area contributed by atoms with Gasteiger partial charge in [0.05, 0.1) is 0 Å². The number of carbonyl (C=O) groups excluding carboxylic acids is 2. The monoisotopic (exact) mass is 221 g/mol. The molecule has 3 nitrogen and oxygen atoms in total. The normalized spacial score (nSPS) is 42.4. The van der Waals surface area contributed by atoms with Crippen molar-refractivity contribution in [2.45, 2.75) is 45.1 Å². The van der Waals surface area contributed by atoms with Crippen LogP contribution in [0.4, 0.5) is 0 Å². The van der Waals surface area contributed by atoms with E-state index in [2.05, 4.69) is 11.8 Å². The summed E-state index contributed by atoms with van der Waals surface area (Å²) in [5.41, 5.74) is 0. The van der Waals surface area contributed by atoms with Crippen LogP contribution < -0.4 is 0 Å². The molecule has 16 heavy (non-hydrogen) atoms. The van der Waals surface area contributed by atoms with Crippen LogP contribution in [-0.2, 0) is 9.59 Å². The average Bonchev–Trinajstić information content (AvgIpc) is 2.68. The van der Waals surface area contributed by atoms with E-state index >= 15 is 0 Å². The van der Waals surface area contributed by atoms with Gasteiger partial charge in [0.2, 0.25) is 5.91 Å². The first-order valence-electron chi connectivity index (χ1n) is 6.54. The maximum Gasteiger partial charge on any atom is 0.222 e. The van der Waals surface area contributed by atoms with E-state index in [0.717, 1.165) is 32.2 Å². The molecule has 4 unspecified atom stereocenters. The number of amides is 1. The highest BCUT2D eigenvalue weighted by atomic mass is 16.2. The topological polar surface area (TPSA) is 37.4 Å². The summed E-state index contributed by atoms with van der Waals surface area (Å²) in [6, 6.07) is 0.406. The van der Waals surface area contributed by atoms with Gasteiger partial charge in [-0.15, -0.1) is 0 Å². The molecule has 88 valence electrons. The van der Waals surface area contributed by atoms with Crippen molar-refractivity contribution in [3.63, 3.8) is 0 Å². The molecule has 0 spiro atoms. The Morgan fingerprint density at radius 1 is 1.31 bits per heavy atom. The molecule has 1 amide bonds. The van der Waals surface area contributed by atoms with E-state index in [1.54, 1.807) is 0 Å². The third kappa shape index (κ3) is 1.26. The van der Waals surface area contributed by atoms with Crippen molar-refractivity contribution in [3.05, 3.63) is 0 Å². The Kier molecular flexibility index (Phi) is 2.30. The minimum Gasteiger partial charge on any atom is -0.339 e. The summed E-state index contributed by atoms with van der Waals surface area (Å²) < 4.78 is 0. The summed E-state index contributed by atoms with van der Waals surface area (Å²) in [4.78, 5) is 25.9. The molecule has 1 aliphatic carbocycles. The Hall–Kier alpha value is -0.860. The lowest BCUT2D eigenvalue weighted by atomic mass is 9.66. The quantitative estimate of drug-likeness (QED) is 0.674. The van der Waals surface area contributed by atoms with Gasteiger partial charge in [-0.25, -0.2) is 0 Å². The molecule has 2 saturated heterocycles. The van der Waals surface area contributed by atoms with Crippen LogP contribution in [0.2, 0.25) is 0 Å². The number of hydrogen-bond acceptors (Lipinski definition) is 2. The molecule has 3 heteroatoms. The van der Waals surface area contributed by atoms with Crippen LogP contribution in [0.1, 0.15) is 39.0 Å². The molecule has 2 heterocycles. The number of carbonyl (C=O) groups is 2. The minimum atomic E-state index is 0.231. The van der Waals surface area contributed by atoms with Gasteiger partial charge >= 0.3 is 0 Å². The minimum absolute atomic E-state index is 0.231. The maximum absolute atomic E-state index is 12.0. The van der Waals surface area contributed by atoms with E-state index in [-0.39, 0.29) is 5.92 Å². The summed E-state index contributed by atoms with van der Waals surface area (Å²) in [6.45, 7) is 3.01. The van der Waals surface area contributed by atoms with Crippen molar-refractivity contribution in [1.82, 2.24) is 4.90 Å². The standard InChI is InChI=1S/C13H19NO2/c1-2-9-10-3-4-12(16)14-6-5-8(13(10)14)7-11(9)15/h8-10,13H,2-7H2,1H3. The van der Waals surface area contributed by atoms with Crippen LogP contribution in [0.3, 0.4) is 0 Å². The third-order valence-corrected chi connectivity index (χ3v) is 4.87. The van der Waals surface area contributed by atoms with Crippen LogP contribution >= 0.6 is 0 Å². The molecule has 0 aromatic heterocycles. The van der Waals surface area contributed by atoms with Crippen molar-refractivity contribution in [1.29, 1.82) is 0 Å². The first-order valence-corrected chi connectivity index (χ1v) is 6.54. The Balaban J connectivity index is 1.93. The Morgan fingerprint density at radius 3 is 2.88 bits per heavy atom. The van der Waals surface area contributed by atoms with Gasteiger partial charge in [-0.05, 0) is 31.1 Å². The van der Waals surface area contributed by atoms with Gasteiger partial charge in [0.15, 0.2) is 0 Å². The van der Waals surface area contributed by atoms with Gasteiger partial charge < -0.3 is 4.90 Å². The van der Waals surface area contributed by atoms with Crippen LogP contribution in [0.15, 0.2) is 0 Å². The Morgan fingerprint density at radius 2 is 2.12 bits per heavy atom. The first kappa shape index (κ1) is 10.3. The Labute approximate surface area is 96.2 Å². The second-order valence-electron chi connectivity index (χ2n) is 5.51. The first-order chi connectivity index (χ1) is 7.72. The van der Waals surface area contributed by atoms with E-state index in [1.165, 1.54) is 0 Å². The molecule has 2 aliphatic heterocycles. The zero-order valence-corrected chi connectivity index (χ0v) is 9.82. The predicted octanol–water partition coefficient (Wildman–Crippen LogP) is 1.61. The van der Waals surface area contributed by atoms with Crippen LogP contribution in [-0.4, -0.2) is 29.2 Å². The fourth-order valence-electron chi connectivity index (χ4n) is 4.20. The highest BCUT2D eigenvalue weighted by Crippen LogP contribution is 2.46. The van der Waals surface area contributed by atoms with Crippen molar-refractivity contribution >= 4 is 11.7 Å². The van der Waals surface area contributed by atoms with Gasteiger partial charge in [0.25, 0.3) is 0 Å². The predicted molar refractivity (Wildman–Crippen MR) is 59.7 cm³/mol. The zero-order valence-electron chi connectivity index (χ0n) is 9.82. The highest BCUT2D eigenvalue weighted by Gasteiger charge is 2.51. The Bertz CT molecular complexity index is 339. The number of nitrogens with zero attached hydrogens (tertiary/aromatic N) is 1. The fourth-order valence-corrected chi connectivity index (χ4v) is 4.20. The van der Waals surface area contributed by atoms with Crippen molar-refractivity contribution in [2.24, 2.45) is 17.8 Å². The molecule has 0 aromatic rings. The van der Waals surface area contributed by atoms with Gasteiger partial charge in [-0.3, -0.25) is 9.59 Å². The van der Waals surface area contributed by atoms with E-state index in [9.17, 15) is 9.59 Å². The third-order valence-electron chi connectivity index (χ3n) is 4.87. The molecule has 0 N–H and O–H groups in total. The van der Waals surface area contributed by atoms with Crippen molar-refractivity contribution < 1.29 is 9.59 Å². The summed E-state index contributed by atoms with van der Waals surface area (Å²) in [7, 11) is 0. The largest absolute Gasteiger partial charge is 0.339 e. The molecule has 3 aliphatic rings. The zero-order chi connectivity index (χ0) is 11.3. The molecular formula is C13H19NO2. The van der Waals surface area contributed by atoms with E-state index in [4.69, 9.17) is 0 Å². The van der Waals surface area contributed by atoms with E-state index in [1.807, 2.05) is 0 Å². The van der Waals surface area contributed by atoms with Gasteiger partial charge in [-0.2, -0.15) is 0 Å². The van der Waals surface area contributed by atoms with E-state index < -0.39 is 0 Å². The molecule has 3 fully saturated rings. The van der Waals surface area contributed by atoms with E-state index in [0.29, 0.717) is 36.0 Å². The molecule has 4 atom stereocenters. The summed E-state index contributed by atoms with van der Waals surface area (Å²) in [5, 5.41) is 0. The maximum atomic E-state index is 12.0. The second-order valence-corrected chi connectivity index (χ2v) is 5.51. The number of hydrogen-bond donors (Lipinski definition) is 0. The van der Waals surface area contributed by atoms with Gasteiger partial charge in [-0.1, -0.05) is 6.92 Å². The lowest BCUT2D eigenvalue weighted by Crippen LogP contribution is -2.53. The summed E-state index contributed by atoms with van der Waals surface area (Å²) in [5.74, 6) is 1.97. The molecule has 0 bridgehead atoms. The fraction of sp³-hybridized carbons (Fsp3) is 0.846.